The van der Waals surface area contributed by atoms with E-state index in [1.807, 2.05) is 24.3 Å². The Labute approximate surface area is 157 Å². The second-order valence-corrected chi connectivity index (χ2v) is 6.74. The molecule has 0 bridgehead atoms. The number of aliphatic hydroxyl groups is 1. The SMILES string of the molecule is C#CC1(CO)CCC(n2cc(C)c(=O)[nH]c2=O)O1.Cc1ccc(S)cc1. The lowest BCUT2D eigenvalue weighted by Crippen LogP contribution is -2.36. The van der Waals surface area contributed by atoms with Crippen molar-refractivity contribution in [2.75, 3.05) is 6.61 Å². The third-order valence-corrected chi connectivity index (χ3v) is 4.46. The minimum Gasteiger partial charge on any atom is -0.392 e. The van der Waals surface area contributed by atoms with Crippen LogP contribution in [0.3, 0.4) is 0 Å². The molecule has 2 atom stereocenters. The summed E-state index contributed by atoms with van der Waals surface area (Å²) in [5, 5.41) is 9.24. The van der Waals surface area contributed by atoms with Gasteiger partial charge in [0.1, 0.15) is 6.23 Å². The number of ether oxygens (including phenoxy) is 1. The van der Waals surface area contributed by atoms with Gasteiger partial charge in [-0.2, -0.15) is 0 Å². The van der Waals surface area contributed by atoms with Crippen LogP contribution < -0.4 is 11.2 Å². The molecule has 2 aromatic rings. The third-order valence-electron chi connectivity index (χ3n) is 4.17. The van der Waals surface area contributed by atoms with Crippen molar-refractivity contribution >= 4 is 12.6 Å². The van der Waals surface area contributed by atoms with E-state index in [2.05, 4.69) is 30.5 Å². The highest BCUT2D eigenvalue weighted by Gasteiger charge is 2.39. The summed E-state index contributed by atoms with van der Waals surface area (Å²) in [4.78, 5) is 26.2. The summed E-state index contributed by atoms with van der Waals surface area (Å²) in [5.41, 5.74) is -0.294. The van der Waals surface area contributed by atoms with Gasteiger partial charge in [0.05, 0.1) is 6.61 Å². The van der Waals surface area contributed by atoms with E-state index in [0.717, 1.165) is 4.90 Å². The number of aromatic amines is 1. The summed E-state index contributed by atoms with van der Waals surface area (Å²) in [6.45, 7) is 3.37. The first-order valence-corrected chi connectivity index (χ1v) is 8.59. The molecule has 1 aliphatic rings. The van der Waals surface area contributed by atoms with Crippen LogP contribution in [0.2, 0.25) is 0 Å². The van der Waals surface area contributed by atoms with E-state index in [1.54, 1.807) is 6.92 Å². The Morgan fingerprint density at radius 2 is 2.04 bits per heavy atom. The van der Waals surface area contributed by atoms with Gasteiger partial charge in [-0.1, -0.05) is 23.6 Å². The average molecular weight is 374 g/mol. The molecule has 0 amide bonds. The number of H-pyrrole nitrogens is 1. The fourth-order valence-corrected chi connectivity index (χ4v) is 2.69. The van der Waals surface area contributed by atoms with Gasteiger partial charge < -0.3 is 9.84 Å². The summed E-state index contributed by atoms with van der Waals surface area (Å²) >= 11 is 4.13. The zero-order chi connectivity index (χ0) is 19.3. The standard InChI is InChI=1S/C12H14N2O4.C7H8S/c1-3-12(7-15)5-4-9(18-12)14-6-8(2)10(16)13-11(14)17;1-6-2-4-7(8)5-3-6/h1,6,9,15H,4-5,7H2,2H3,(H,13,16,17);2-5,8H,1H3. The van der Waals surface area contributed by atoms with Gasteiger partial charge >= 0.3 is 5.69 Å². The van der Waals surface area contributed by atoms with Crippen LogP contribution in [0.15, 0.2) is 44.9 Å². The number of hydrogen-bond donors (Lipinski definition) is 3. The largest absolute Gasteiger partial charge is 0.392 e. The highest BCUT2D eigenvalue weighted by Crippen LogP contribution is 2.34. The number of aliphatic hydroxyl groups excluding tert-OH is 1. The Morgan fingerprint density at radius 3 is 2.54 bits per heavy atom. The van der Waals surface area contributed by atoms with Gasteiger partial charge in [-0.3, -0.25) is 14.3 Å². The molecule has 2 heterocycles. The molecule has 6 nitrogen and oxygen atoms in total. The van der Waals surface area contributed by atoms with E-state index in [9.17, 15) is 14.7 Å². The molecule has 1 fully saturated rings. The quantitative estimate of drug-likeness (QED) is 0.553. The van der Waals surface area contributed by atoms with Crippen LogP contribution in [0.25, 0.3) is 0 Å². The Hall–Kier alpha value is -2.27. The molecule has 2 N–H and O–H groups in total. The molecule has 26 heavy (non-hydrogen) atoms. The number of nitrogens with zero attached hydrogens (tertiary/aromatic N) is 1. The van der Waals surface area contributed by atoms with Crippen LogP contribution in [0, 0.1) is 26.2 Å². The van der Waals surface area contributed by atoms with Crippen molar-refractivity contribution in [2.45, 2.75) is 43.4 Å². The minimum atomic E-state index is -1.03. The molecule has 0 saturated carbocycles. The van der Waals surface area contributed by atoms with Gasteiger partial charge in [0.2, 0.25) is 0 Å². The molecule has 1 aliphatic heterocycles. The maximum absolute atomic E-state index is 11.7. The van der Waals surface area contributed by atoms with E-state index in [0.29, 0.717) is 18.4 Å². The second kappa shape index (κ2) is 8.41. The molecule has 1 saturated heterocycles. The normalized spacial score (nSPS) is 21.6. The summed E-state index contributed by atoms with van der Waals surface area (Å²) in [6.07, 6.45) is 7.19. The lowest BCUT2D eigenvalue weighted by atomic mass is 10.0. The maximum Gasteiger partial charge on any atom is 0.330 e. The molecule has 1 aromatic heterocycles. The monoisotopic (exact) mass is 374 g/mol. The van der Waals surface area contributed by atoms with E-state index in [-0.39, 0.29) is 6.61 Å². The van der Waals surface area contributed by atoms with Crippen molar-refractivity contribution < 1.29 is 9.84 Å². The van der Waals surface area contributed by atoms with Gasteiger partial charge in [0.25, 0.3) is 5.56 Å². The van der Waals surface area contributed by atoms with Crippen molar-refractivity contribution in [3.63, 3.8) is 0 Å². The molecule has 7 heteroatoms. The number of thiol groups is 1. The number of nitrogens with one attached hydrogen (secondary N) is 1. The predicted molar refractivity (Wildman–Crippen MR) is 102 cm³/mol. The summed E-state index contributed by atoms with van der Waals surface area (Å²) in [6, 6.07) is 8.06. The van der Waals surface area contributed by atoms with Crippen molar-refractivity contribution in [3.8, 4) is 12.3 Å². The zero-order valence-electron chi connectivity index (χ0n) is 14.7. The van der Waals surface area contributed by atoms with Crippen LogP contribution in [0.1, 0.15) is 30.2 Å². The van der Waals surface area contributed by atoms with Gasteiger partial charge in [-0.25, -0.2) is 4.79 Å². The Kier molecular flexibility index (Phi) is 6.48. The van der Waals surface area contributed by atoms with Crippen LogP contribution in [0.4, 0.5) is 0 Å². The average Bonchev–Trinajstić information content (AvgIpc) is 3.06. The topological polar surface area (TPSA) is 84.3 Å². The molecule has 0 aliphatic carbocycles. The zero-order valence-corrected chi connectivity index (χ0v) is 15.6. The van der Waals surface area contributed by atoms with E-state index in [1.165, 1.54) is 16.3 Å². The van der Waals surface area contributed by atoms with Crippen molar-refractivity contribution in [3.05, 3.63) is 62.4 Å². The number of aromatic nitrogens is 2. The first kappa shape index (κ1) is 20.0. The molecule has 2 unspecified atom stereocenters. The Morgan fingerprint density at radius 1 is 1.38 bits per heavy atom. The molecular weight excluding hydrogens is 352 g/mol. The fourth-order valence-electron chi connectivity index (χ4n) is 2.54. The molecular formula is C19H22N2O4S. The number of benzene rings is 1. The summed E-state index contributed by atoms with van der Waals surface area (Å²) in [5.74, 6) is 2.41. The number of aryl methyl sites for hydroxylation is 2. The van der Waals surface area contributed by atoms with Crippen molar-refractivity contribution in [1.29, 1.82) is 0 Å². The Balaban J connectivity index is 0.000000254. The number of rotatable bonds is 2. The first-order chi connectivity index (χ1) is 12.3. The van der Waals surface area contributed by atoms with Crippen LogP contribution in [-0.4, -0.2) is 26.9 Å². The van der Waals surface area contributed by atoms with Crippen LogP contribution in [0.5, 0.6) is 0 Å². The van der Waals surface area contributed by atoms with Crippen molar-refractivity contribution in [1.82, 2.24) is 9.55 Å². The van der Waals surface area contributed by atoms with Gasteiger partial charge in [0.15, 0.2) is 5.60 Å². The number of hydrogen-bond acceptors (Lipinski definition) is 5. The smallest absolute Gasteiger partial charge is 0.330 e. The highest BCUT2D eigenvalue weighted by molar-refractivity contribution is 7.80. The molecule has 0 radical (unpaired) electrons. The van der Waals surface area contributed by atoms with E-state index >= 15 is 0 Å². The maximum atomic E-state index is 11.7. The van der Waals surface area contributed by atoms with Gasteiger partial charge in [0, 0.05) is 16.7 Å². The fraction of sp³-hybridized carbons (Fsp3) is 0.368. The van der Waals surface area contributed by atoms with Gasteiger partial charge in [-0.15, -0.1) is 19.1 Å². The molecule has 138 valence electrons. The molecule has 1 aromatic carbocycles. The number of terminal acetylenes is 1. The van der Waals surface area contributed by atoms with E-state index < -0.39 is 23.1 Å². The lowest BCUT2D eigenvalue weighted by Gasteiger charge is -2.21. The molecule has 3 rings (SSSR count). The highest BCUT2D eigenvalue weighted by atomic mass is 32.1. The molecule has 0 spiro atoms. The Bertz CT molecular complexity index is 890. The third kappa shape index (κ3) is 4.67. The van der Waals surface area contributed by atoms with Crippen LogP contribution in [-0.2, 0) is 4.74 Å². The van der Waals surface area contributed by atoms with Gasteiger partial charge in [-0.05, 0) is 38.8 Å². The second-order valence-electron chi connectivity index (χ2n) is 6.22. The minimum absolute atomic E-state index is 0.295. The summed E-state index contributed by atoms with van der Waals surface area (Å²) in [7, 11) is 0. The lowest BCUT2D eigenvalue weighted by molar-refractivity contribution is -0.0649. The predicted octanol–water partition coefficient (Wildman–Crippen LogP) is 1.80. The van der Waals surface area contributed by atoms with E-state index in [4.69, 9.17) is 11.2 Å². The van der Waals surface area contributed by atoms with Crippen LogP contribution >= 0.6 is 12.6 Å². The van der Waals surface area contributed by atoms with Crippen molar-refractivity contribution in [2.24, 2.45) is 0 Å². The first-order valence-electron chi connectivity index (χ1n) is 8.14. The summed E-state index contributed by atoms with van der Waals surface area (Å²) < 4.78 is 6.86.